The van der Waals surface area contributed by atoms with E-state index < -0.39 is 17.8 Å². The maximum absolute atomic E-state index is 12.7. The Labute approximate surface area is 231 Å². The second-order valence-electron chi connectivity index (χ2n) is 9.98. The number of ether oxygens (including phenoxy) is 3. The first kappa shape index (κ1) is 31.6. The summed E-state index contributed by atoms with van der Waals surface area (Å²) in [6.45, 7) is 8.35. The summed E-state index contributed by atoms with van der Waals surface area (Å²) in [4.78, 5) is 40.7. The molecule has 0 aromatic heterocycles. The summed E-state index contributed by atoms with van der Waals surface area (Å²) in [5.74, 6) is -0.316. The molecule has 0 fully saturated rings. The molecule has 2 amide bonds. The molecule has 0 atom stereocenters. The van der Waals surface area contributed by atoms with Crippen molar-refractivity contribution in [3.8, 4) is 0 Å². The molecule has 0 unspecified atom stereocenters. The number of alkyl carbamates (subject to hydrolysis) is 1. The first-order valence-corrected chi connectivity index (χ1v) is 13.2. The number of esters is 1. The van der Waals surface area contributed by atoms with Crippen LogP contribution < -0.4 is 11.1 Å². The van der Waals surface area contributed by atoms with Gasteiger partial charge in [0.15, 0.2) is 0 Å². The molecule has 2 aromatic carbocycles. The highest BCUT2D eigenvalue weighted by molar-refractivity contribution is 5.70. The lowest BCUT2D eigenvalue weighted by Gasteiger charge is -2.27. The Bertz CT molecular complexity index is 998. The van der Waals surface area contributed by atoms with Crippen LogP contribution in [0.3, 0.4) is 0 Å². The molecule has 39 heavy (non-hydrogen) atoms. The van der Waals surface area contributed by atoms with Crippen LogP contribution in [-0.2, 0) is 32.2 Å². The number of carbonyl (C=O) groups is 3. The Morgan fingerprint density at radius 1 is 0.795 bits per heavy atom. The molecule has 10 nitrogen and oxygen atoms in total. The number of nitrogens with one attached hydrogen (secondary N) is 1. The van der Waals surface area contributed by atoms with Crippen LogP contribution in [0.1, 0.15) is 38.3 Å². The molecule has 0 bridgehead atoms. The van der Waals surface area contributed by atoms with E-state index >= 15 is 0 Å². The van der Waals surface area contributed by atoms with Crippen LogP contribution >= 0.6 is 0 Å². The minimum absolute atomic E-state index is 0.165. The summed E-state index contributed by atoms with van der Waals surface area (Å²) >= 11 is 0. The summed E-state index contributed by atoms with van der Waals surface area (Å²) in [5.41, 5.74) is 6.95. The van der Waals surface area contributed by atoms with Crippen molar-refractivity contribution in [2.24, 2.45) is 5.73 Å². The molecule has 0 saturated carbocycles. The van der Waals surface area contributed by atoms with Crippen molar-refractivity contribution in [2.75, 3.05) is 45.8 Å². The van der Waals surface area contributed by atoms with E-state index in [1.54, 1.807) is 4.90 Å². The normalized spacial score (nSPS) is 11.1. The van der Waals surface area contributed by atoms with Gasteiger partial charge < -0.3 is 30.2 Å². The Morgan fingerprint density at radius 3 is 1.95 bits per heavy atom. The molecule has 0 aliphatic heterocycles. The van der Waals surface area contributed by atoms with Gasteiger partial charge in [-0.25, -0.2) is 9.59 Å². The number of amides is 2. The van der Waals surface area contributed by atoms with Crippen LogP contribution in [-0.4, -0.2) is 79.4 Å². The highest BCUT2D eigenvalue weighted by atomic mass is 16.6. The highest BCUT2D eigenvalue weighted by Gasteiger charge is 2.19. The fourth-order valence-electron chi connectivity index (χ4n) is 3.59. The lowest BCUT2D eigenvalue weighted by Crippen LogP contribution is -2.44. The van der Waals surface area contributed by atoms with E-state index in [9.17, 15) is 14.4 Å². The van der Waals surface area contributed by atoms with Gasteiger partial charge in [-0.2, -0.15) is 0 Å². The van der Waals surface area contributed by atoms with Crippen molar-refractivity contribution in [2.45, 2.75) is 46.0 Å². The van der Waals surface area contributed by atoms with E-state index in [2.05, 4.69) is 5.32 Å². The van der Waals surface area contributed by atoms with Crippen LogP contribution in [0, 0.1) is 0 Å². The zero-order chi connectivity index (χ0) is 28.5. The molecule has 214 valence electrons. The first-order valence-electron chi connectivity index (χ1n) is 13.2. The molecule has 10 heteroatoms. The predicted octanol–water partition coefficient (Wildman–Crippen LogP) is 3.54. The van der Waals surface area contributed by atoms with Gasteiger partial charge in [0.2, 0.25) is 0 Å². The van der Waals surface area contributed by atoms with Crippen molar-refractivity contribution < 1.29 is 28.6 Å². The predicted molar refractivity (Wildman–Crippen MR) is 149 cm³/mol. The van der Waals surface area contributed by atoms with Crippen LogP contribution in [0.4, 0.5) is 9.59 Å². The average Bonchev–Trinajstić information content (AvgIpc) is 2.91. The minimum atomic E-state index is -0.577. The van der Waals surface area contributed by atoms with Gasteiger partial charge in [-0.1, -0.05) is 60.7 Å². The second kappa shape index (κ2) is 17.1. The third kappa shape index (κ3) is 14.2. The third-order valence-corrected chi connectivity index (χ3v) is 5.51. The first-order chi connectivity index (χ1) is 18.7. The van der Waals surface area contributed by atoms with Crippen molar-refractivity contribution >= 4 is 18.2 Å². The van der Waals surface area contributed by atoms with Crippen LogP contribution in [0.2, 0.25) is 0 Å². The monoisotopic (exact) mass is 542 g/mol. The Balaban J connectivity index is 1.88. The van der Waals surface area contributed by atoms with E-state index in [-0.39, 0.29) is 32.1 Å². The molecule has 0 spiro atoms. The van der Waals surface area contributed by atoms with Crippen LogP contribution in [0.15, 0.2) is 60.7 Å². The molecule has 0 saturated heterocycles. The second-order valence-corrected chi connectivity index (χ2v) is 9.98. The number of nitrogens with two attached hydrogens (primary N) is 1. The average molecular weight is 543 g/mol. The summed E-state index contributed by atoms with van der Waals surface area (Å²) in [6, 6.07) is 18.8. The van der Waals surface area contributed by atoms with Gasteiger partial charge >= 0.3 is 18.2 Å². The topological polar surface area (TPSA) is 123 Å². The minimum Gasteiger partial charge on any atom is -0.460 e. The van der Waals surface area contributed by atoms with E-state index in [0.717, 1.165) is 11.1 Å². The maximum Gasteiger partial charge on any atom is 0.410 e. The molecule has 0 aliphatic rings. The van der Waals surface area contributed by atoms with E-state index in [1.165, 1.54) is 0 Å². The number of nitrogens with zero attached hydrogens (tertiary/aromatic N) is 2. The number of carbonyl (C=O) groups excluding carboxylic acids is 3. The molecule has 0 heterocycles. The molecule has 2 aromatic rings. The standard InChI is InChI=1S/C29H42N4O6/c1-29(2,3)39-26(34)14-17-32(19-16-31-27(35)37-22-24-10-6-4-7-11-24)20-21-33(18-15-30)28(36)38-23-25-12-8-5-9-13-25/h4-13H,14-23,30H2,1-3H3,(H,31,35). The van der Waals surface area contributed by atoms with Crippen molar-refractivity contribution in [3.63, 3.8) is 0 Å². The molecule has 0 radical (unpaired) electrons. The Morgan fingerprint density at radius 2 is 1.38 bits per heavy atom. The number of hydrogen-bond acceptors (Lipinski definition) is 8. The fourth-order valence-corrected chi connectivity index (χ4v) is 3.59. The molecule has 2 rings (SSSR count). The van der Waals surface area contributed by atoms with Gasteiger partial charge in [0.05, 0.1) is 6.42 Å². The summed E-state index contributed by atoms with van der Waals surface area (Å²) in [5, 5.41) is 2.74. The van der Waals surface area contributed by atoms with Crippen molar-refractivity contribution in [1.82, 2.24) is 15.1 Å². The smallest absolute Gasteiger partial charge is 0.410 e. The third-order valence-electron chi connectivity index (χ3n) is 5.51. The zero-order valence-corrected chi connectivity index (χ0v) is 23.3. The maximum atomic E-state index is 12.7. The number of hydrogen-bond donors (Lipinski definition) is 2. The van der Waals surface area contributed by atoms with E-state index in [1.807, 2.05) is 86.3 Å². The zero-order valence-electron chi connectivity index (χ0n) is 23.3. The van der Waals surface area contributed by atoms with Gasteiger partial charge in [0, 0.05) is 45.8 Å². The molecular formula is C29H42N4O6. The van der Waals surface area contributed by atoms with Crippen LogP contribution in [0.5, 0.6) is 0 Å². The largest absolute Gasteiger partial charge is 0.460 e. The van der Waals surface area contributed by atoms with Crippen molar-refractivity contribution in [1.29, 1.82) is 0 Å². The SMILES string of the molecule is CC(C)(C)OC(=O)CCN(CCNC(=O)OCc1ccccc1)CCN(CCN)C(=O)OCc1ccccc1. The Hall–Kier alpha value is -3.63. The lowest BCUT2D eigenvalue weighted by atomic mass is 10.2. The van der Waals surface area contributed by atoms with Gasteiger partial charge in [-0.15, -0.1) is 0 Å². The number of benzene rings is 2. The van der Waals surface area contributed by atoms with Gasteiger partial charge in [-0.3, -0.25) is 9.69 Å². The van der Waals surface area contributed by atoms with Crippen molar-refractivity contribution in [3.05, 3.63) is 71.8 Å². The Kier molecular flexibility index (Phi) is 13.8. The molecular weight excluding hydrogens is 500 g/mol. The fraction of sp³-hybridized carbons (Fsp3) is 0.483. The summed E-state index contributed by atoms with van der Waals surface area (Å²) < 4.78 is 16.2. The highest BCUT2D eigenvalue weighted by Crippen LogP contribution is 2.09. The summed E-state index contributed by atoms with van der Waals surface area (Å²) in [6.07, 6.45) is -0.815. The lowest BCUT2D eigenvalue weighted by molar-refractivity contribution is -0.155. The number of rotatable bonds is 15. The quantitative estimate of drug-likeness (QED) is 0.259. The van der Waals surface area contributed by atoms with E-state index in [4.69, 9.17) is 19.9 Å². The van der Waals surface area contributed by atoms with Gasteiger partial charge in [-0.05, 0) is 31.9 Å². The van der Waals surface area contributed by atoms with Crippen LogP contribution in [0.25, 0.3) is 0 Å². The summed E-state index contributed by atoms with van der Waals surface area (Å²) in [7, 11) is 0. The molecule has 0 aliphatic carbocycles. The van der Waals surface area contributed by atoms with Gasteiger partial charge in [0.1, 0.15) is 18.8 Å². The molecule has 3 N–H and O–H groups in total. The van der Waals surface area contributed by atoms with E-state index in [0.29, 0.717) is 39.3 Å². The van der Waals surface area contributed by atoms with Gasteiger partial charge in [0.25, 0.3) is 0 Å².